The molecule has 2 heterocycles. The lowest BCUT2D eigenvalue weighted by molar-refractivity contribution is -0.300. The Bertz CT molecular complexity index is 418. The zero-order valence-corrected chi connectivity index (χ0v) is 11.1. The molecule has 6 atom stereocenters. The number of hydrogen-bond acceptors (Lipinski definition) is 8. The van der Waals surface area contributed by atoms with Crippen LogP contribution < -0.4 is 0 Å². The summed E-state index contributed by atoms with van der Waals surface area (Å²) in [7, 11) is 0. The summed E-state index contributed by atoms with van der Waals surface area (Å²) in [5.74, 6) is -0.337. The summed E-state index contributed by atoms with van der Waals surface area (Å²) in [5.41, 5.74) is 0.245. The predicted octanol–water partition coefficient (Wildman–Crippen LogP) is -1.98. The third-order valence-corrected chi connectivity index (χ3v) is 3.40. The van der Waals surface area contributed by atoms with Crippen molar-refractivity contribution in [2.45, 2.75) is 50.7 Å². The Balaban J connectivity index is 2.11. The Labute approximate surface area is 115 Å². The molecule has 0 amide bonds. The molecule has 0 spiro atoms. The number of carbonyl (C=O) groups excluding carboxylic acids is 1. The summed E-state index contributed by atoms with van der Waals surface area (Å²) in [4.78, 5) is 11.6. The number of carbonyl (C=O) groups is 1. The van der Waals surface area contributed by atoms with Gasteiger partial charge in [0, 0.05) is 0 Å². The van der Waals surface area contributed by atoms with E-state index in [1.807, 2.05) is 0 Å². The maximum absolute atomic E-state index is 11.6. The van der Waals surface area contributed by atoms with Crippen molar-refractivity contribution in [3.05, 3.63) is 11.5 Å². The number of rotatable bonds is 3. The van der Waals surface area contributed by atoms with Crippen molar-refractivity contribution in [3.8, 4) is 0 Å². The fourth-order valence-corrected chi connectivity index (χ4v) is 2.09. The highest BCUT2D eigenvalue weighted by Gasteiger charge is 2.46. The van der Waals surface area contributed by atoms with E-state index in [0.29, 0.717) is 0 Å². The van der Waals surface area contributed by atoms with Crippen molar-refractivity contribution in [1.29, 1.82) is 0 Å². The van der Waals surface area contributed by atoms with E-state index in [4.69, 9.17) is 19.3 Å². The van der Waals surface area contributed by atoms with Crippen LogP contribution in [0.5, 0.6) is 0 Å². The van der Waals surface area contributed by atoms with Gasteiger partial charge >= 0.3 is 0 Å². The van der Waals surface area contributed by atoms with Crippen LogP contribution in [-0.2, 0) is 19.0 Å². The van der Waals surface area contributed by atoms with E-state index in [2.05, 4.69) is 0 Å². The standard InChI is InChI=1S/C12H18O8/c1-4-7(14)5(2)18-11(4)20-12-10(17)9(16)8(15)6(3-13)19-12/h5-6,8-10,12-13,15-17H,3H2,1-2H3/t5?,6-,8-,9+,10-,12+/m1/s1. The summed E-state index contributed by atoms with van der Waals surface area (Å²) in [6.07, 6.45) is -7.66. The van der Waals surface area contributed by atoms with Gasteiger partial charge in [-0.1, -0.05) is 0 Å². The highest BCUT2D eigenvalue weighted by atomic mass is 16.8. The Morgan fingerprint density at radius 1 is 1.20 bits per heavy atom. The van der Waals surface area contributed by atoms with Gasteiger partial charge in [-0.3, -0.25) is 4.79 Å². The maximum Gasteiger partial charge on any atom is 0.289 e. The Morgan fingerprint density at radius 3 is 2.35 bits per heavy atom. The van der Waals surface area contributed by atoms with Gasteiger partial charge in [-0.2, -0.15) is 0 Å². The molecule has 20 heavy (non-hydrogen) atoms. The van der Waals surface area contributed by atoms with Crippen molar-refractivity contribution >= 4 is 5.78 Å². The third-order valence-electron chi connectivity index (χ3n) is 3.40. The molecule has 1 saturated heterocycles. The van der Waals surface area contributed by atoms with Gasteiger partial charge in [0.05, 0.1) is 12.2 Å². The average Bonchev–Trinajstić information content (AvgIpc) is 2.67. The Morgan fingerprint density at radius 2 is 1.85 bits per heavy atom. The molecule has 1 fully saturated rings. The first-order chi connectivity index (χ1) is 9.36. The van der Waals surface area contributed by atoms with Gasteiger partial charge in [0.2, 0.25) is 12.1 Å². The topological polar surface area (TPSA) is 126 Å². The molecule has 2 aliphatic heterocycles. The summed E-state index contributed by atoms with van der Waals surface area (Å²) in [6, 6.07) is 0. The van der Waals surface area contributed by atoms with Gasteiger partial charge in [-0.15, -0.1) is 0 Å². The predicted molar refractivity (Wildman–Crippen MR) is 63.1 cm³/mol. The minimum Gasteiger partial charge on any atom is -0.454 e. The molecule has 8 heteroatoms. The molecule has 1 unspecified atom stereocenters. The van der Waals surface area contributed by atoms with E-state index in [1.54, 1.807) is 6.92 Å². The van der Waals surface area contributed by atoms with Crippen LogP contribution in [0.4, 0.5) is 0 Å². The molecule has 0 aromatic rings. The van der Waals surface area contributed by atoms with Gasteiger partial charge in [0.25, 0.3) is 5.95 Å². The zero-order valence-electron chi connectivity index (χ0n) is 11.1. The average molecular weight is 290 g/mol. The second-order valence-corrected chi connectivity index (χ2v) is 4.85. The molecule has 8 nitrogen and oxygen atoms in total. The Kier molecular flexibility index (Phi) is 4.31. The van der Waals surface area contributed by atoms with Crippen molar-refractivity contribution in [2.24, 2.45) is 0 Å². The molecule has 0 bridgehead atoms. The van der Waals surface area contributed by atoms with Crippen LogP contribution in [0.15, 0.2) is 11.5 Å². The van der Waals surface area contributed by atoms with Crippen LogP contribution in [0.3, 0.4) is 0 Å². The third kappa shape index (κ3) is 2.52. The lowest BCUT2D eigenvalue weighted by Gasteiger charge is -2.39. The molecule has 0 aromatic heterocycles. The lowest BCUT2D eigenvalue weighted by atomic mass is 9.99. The number of aliphatic hydroxyl groups excluding tert-OH is 4. The molecule has 2 rings (SSSR count). The molecule has 2 aliphatic rings. The molecule has 0 aliphatic carbocycles. The molecule has 0 aromatic carbocycles. The maximum atomic E-state index is 11.6. The van der Waals surface area contributed by atoms with E-state index in [9.17, 15) is 20.1 Å². The first-order valence-corrected chi connectivity index (χ1v) is 6.25. The first kappa shape index (κ1) is 15.2. The lowest BCUT2D eigenvalue weighted by Crippen LogP contribution is -2.59. The van der Waals surface area contributed by atoms with Crippen LogP contribution in [0, 0.1) is 0 Å². The van der Waals surface area contributed by atoms with E-state index in [-0.39, 0.29) is 17.3 Å². The highest BCUT2D eigenvalue weighted by molar-refractivity contribution is 6.00. The fourth-order valence-electron chi connectivity index (χ4n) is 2.09. The quantitative estimate of drug-likeness (QED) is 0.471. The van der Waals surface area contributed by atoms with Crippen LogP contribution in [0.1, 0.15) is 13.8 Å². The van der Waals surface area contributed by atoms with E-state index < -0.39 is 43.4 Å². The number of ether oxygens (including phenoxy) is 3. The van der Waals surface area contributed by atoms with Crippen LogP contribution >= 0.6 is 0 Å². The summed E-state index contributed by atoms with van der Waals surface area (Å²) >= 11 is 0. The molecule has 4 N–H and O–H groups in total. The Hall–Kier alpha value is -1.19. The van der Waals surface area contributed by atoms with Gasteiger partial charge in [0.15, 0.2) is 6.10 Å². The van der Waals surface area contributed by atoms with Crippen LogP contribution in [0.25, 0.3) is 0 Å². The fraction of sp³-hybridized carbons (Fsp3) is 0.750. The minimum absolute atomic E-state index is 0.0909. The van der Waals surface area contributed by atoms with Gasteiger partial charge in [0.1, 0.15) is 24.4 Å². The van der Waals surface area contributed by atoms with Crippen LogP contribution in [0.2, 0.25) is 0 Å². The van der Waals surface area contributed by atoms with E-state index in [1.165, 1.54) is 6.92 Å². The highest BCUT2D eigenvalue weighted by Crippen LogP contribution is 2.28. The molecular formula is C12H18O8. The molecule has 114 valence electrons. The summed E-state index contributed by atoms with van der Waals surface area (Å²) in [6.45, 7) is 2.50. The monoisotopic (exact) mass is 290 g/mol. The van der Waals surface area contributed by atoms with Crippen LogP contribution in [-0.4, -0.2) is 69.6 Å². The van der Waals surface area contributed by atoms with Crippen molar-refractivity contribution in [1.82, 2.24) is 0 Å². The number of ketones is 1. The SMILES string of the molecule is CC1=C(O[C@@H]2O[C@H](CO)[C@@H](O)[C@H](O)[C@H]2O)OC(C)C1=O. The molecule has 0 radical (unpaired) electrons. The second kappa shape index (κ2) is 5.66. The normalized spacial score (nSPS) is 41.8. The van der Waals surface area contributed by atoms with Crippen molar-refractivity contribution < 1.29 is 39.4 Å². The van der Waals surface area contributed by atoms with Gasteiger partial charge in [-0.25, -0.2) is 0 Å². The van der Waals surface area contributed by atoms with Gasteiger partial charge < -0.3 is 34.6 Å². The number of aliphatic hydroxyl groups is 4. The smallest absolute Gasteiger partial charge is 0.289 e. The largest absolute Gasteiger partial charge is 0.454 e. The van der Waals surface area contributed by atoms with Crippen molar-refractivity contribution in [3.63, 3.8) is 0 Å². The van der Waals surface area contributed by atoms with E-state index >= 15 is 0 Å². The minimum atomic E-state index is -1.54. The number of hydrogen-bond donors (Lipinski definition) is 4. The zero-order chi connectivity index (χ0) is 15.0. The molecule has 0 saturated carbocycles. The van der Waals surface area contributed by atoms with Gasteiger partial charge in [-0.05, 0) is 13.8 Å². The first-order valence-electron chi connectivity index (χ1n) is 6.25. The number of Topliss-reactive ketones (excluding diaryl/α,β-unsaturated/α-hetero) is 1. The van der Waals surface area contributed by atoms with E-state index in [0.717, 1.165) is 0 Å². The second-order valence-electron chi connectivity index (χ2n) is 4.85. The van der Waals surface area contributed by atoms with Crippen molar-refractivity contribution in [2.75, 3.05) is 6.61 Å². The molecular weight excluding hydrogens is 272 g/mol. The summed E-state index contributed by atoms with van der Waals surface area (Å²) in [5, 5.41) is 38.1. The summed E-state index contributed by atoms with van der Waals surface area (Å²) < 4.78 is 15.6.